The zero-order valence-corrected chi connectivity index (χ0v) is 11.8. The molecule has 0 saturated heterocycles. The van der Waals surface area contributed by atoms with Crippen LogP contribution in [0.5, 0.6) is 0 Å². The summed E-state index contributed by atoms with van der Waals surface area (Å²) in [5.74, 6) is -2.45. The van der Waals surface area contributed by atoms with E-state index in [4.69, 9.17) is 16.7 Å². The molecule has 0 aliphatic heterocycles. The fourth-order valence-electron chi connectivity index (χ4n) is 1.41. The first-order chi connectivity index (χ1) is 9.31. The number of hydrogen-bond donors (Lipinski definition) is 3. The van der Waals surface area contributed by atoms with Gasteiger partial charge in [-0.1, -0.05) is 18.5 Å². The lowest BCUT2D eigenvalue weighted by Crippen LogP contribution is -2.31. The molecule has 1 atom stereocenters. The Kier molecular flexibility index (Phi) is 5.52. The van der Waals surface area contributed by atoms with Crippen molar-refractivity contribution in [2.45, 2.75) is 13.8 Å². The second-order valence-electron chi connectivity index (χ2n) is 4.33. The number of nitrogens with one attached hydrogen (secondary N) is 2. The van der Waals surface area contributed by atoms with Gasteiger partial charge in [-0.2, -0.15) is 0 Å². The molecule has 7 heteroatoms. The van der Waals surface area contributed by atoms with Crippen molar-refractivity contribution in [2.24, 2.45) is 5.92 Å². The molecule has 0 aliphatic carbocycles. The summed E-state index contributed by atoms with van der Waals surface area (Å²) in [7, 11) is 0. The fraction of sp³-hybridized carbons (Fsp3) is 0.308. The Morgan fingerprint density at radius 2 is 2.00 bits per heavy atom. The zero-order chi connectivity index (χ0) is 15.3. The lowest BCUT2D eigenvalue weighted by atomic mass is 10.1. The average molecular weight is 299 g/mol. The molecule has 0 saturated carbocycles. The number of carboxylic acid groups (broad SMARTS) is 1. The van der Waals surface area contributed by atoms with E-state index in [1.54, 1.807) is 6.07 Å². The third-order valence-corrected chi connectivity index (χ3v) is 2.85. The Hall–Kier alpha value is -2.08. The Balaban J connectivity index is 2.81. The number of anilines is 1. The van der Waals surface area contributed by atoms with E-state index in [0.717, 1.165) is 0 Å². The van der Waals surface area contributed by atoms with E-state index in [2.05, 4.69) is 10.6 Å². The number of hydrogen-bond acceptors (Lipinski definition) is 3. The third-order valence-electron chi connectivity index (χ3n) is 2.52. The molecule has 3 N–H and O–H groups in total. The van der Waals surface area contributed by atoms with Crippen LogP contribution in [0.3, 0.4) is 0 Å². The maximum atomic E-state index is 11.9. The molecule has 0 fully saturated rings. The summed E-state index contributed by atoms with van der Waals surface area (Å²) in [6, 6.07) is 4.49. The van der Waals surface area contributed by atoms with Gasteiger partial charge in [-0.05, 0) is 18.2 Å². The van der Waals surface area contributed by atoms with E-state index in [1.807, 2.05) is 0 Å². The quantitative estimate of drug-likeness (QED) is 0.771. The maximum Gasteiger partial charge on any atom is 0.308 e. The van der Waals surface area contributed by atoms with Crippen LogP contribution in [0.15, 0.2) is 18.2 Å². The molecule has 20 heavy (non-hydrogen) atoms. The van der Waals surface area contributed by atoms with E-state index in [0.29, 0.717) is 5.69 Å². The number of carbonyl (C=O) groups is 3. The first-order valence-corrected chi connectivity index (χ1v) is 6.27. The number of benzene rings is 1. The van der Waals surface area contributed by atoms with Crippen LogP contribution in [0, 0.1) is 5.92 Å². The number of carbonyl (C=O) groups excluding carboxylic acids is 2. The van der Waals surface area contributed by atoms with Crippen molar-refractivity contribution < 1.29 is 19.5 Å². The summed E-state index contributed by atoms with van der Waals surface area (Å²) in [5.41, 5.74) is 0.619. The minimum Gasteiger partial charge on any atom is -0.481 e. The lowest BCUT2D eigenvalue weighted by molar-refractivity contribution is -0.140. The van der Waals surface area contributed by atoms with Crippen molar-refractivity contribution in [2.75, 3.05) is 11.9 Å². The lowest BCUT2D eigenvalue weighted by Gasteiger charge is -2.11. The van der Waals surface area contributed by atoms with Crippen LogP contribution in [-0.4, -0.2) is 29.4 Å². The predicted molar refractivity (Wildman–Crippen MR) is 74.9 cm³/mol. The summed E-state index contributed by atoms with van der Waals surface area (Å²) in [6.45, 7) is 2.83. The molecule has 6 nitrogen and oxygen atoms in total. The highest BCUT2D eigenvalue weighted by Gasteiger charge is 2.15. The molecular weight excluding hydrogens is 284 g/mol. The third kappa shape index (κ3) is 4.55. The summed E-state index contributed by atoms with van der Waals surface area (Å²) in [5, 5.41) is 14.0. The van der Waals surface area contributed by atoms with Crippen LogP contribution in [0.1, 0.15) is 24.2 Å². The Morgan fingerprint density at radius 3 is 2.55 bits per heavy atom. The van der Waals surface area contributed by atoms with Gasteiger partial charge in [0, 0.05) is 19.2 Å². The highest BCUT2D eigenvalue weighted by atomic mass is 35.5. The van der Waals surface area contributed by atoms with Crippen molar-refractivity contribution >= 4 is 35.1 Å². The Bertz CT molecular complexity index is 545. The smallest absolute Gasteiger partial charge is 0.308 e. The fourth-order valence-corrected chi connectivity index (χ4v) is 1.61. The second kappa shape index (κ2) is 6.91. The van der Waals surface area contributed by atoms with E-state index < -0.39 is 17.8 Å². The molecule has 0 heterocycles. The van der Waals surface area contributed by atoms with Gasteiger partial charge in [-0.3, -0.25) is 14.4 Å². The first kappa shape index (κ1) is 16.0. The topological polar surface area (TPSA) is 95.5 Å². The minimum absolute atomic E-state index is 0.00510. The average Bonchev–Trinajstić information content (AvgIpc) is 2.37. The summed E-state index contributed by atoms with van der Waals surface area (Å²) in [4.78, 5) is 33.6. The van der Waals surface area contributed by atoms with Gasteiger partial charge in [0.1, 0.15) is 0 Å². The first-order valence-electron chi connectivity index (χ1n) is 5.89. The number of rotatable bonds is 5. The highest BCUT2D eigenvalue weighted by molar-refractivity contribution is 6.34. The van der Waals surface area contributed by atoms with Gasteiger partial charge >= 0.3 is 5.97 Å². The van der Waals surface area contributed by atoms with Crippen LogP contribution in [0.25, 0.3) is 0 Å². The van der Waals surface area contributed by atoms with Crippen LogP contribution in [0.4, 0.5) is 5.69 Å². The highest BCUT2D eigenvalue weighted by Crippen LogP contribution is 2.20. The van der Waals surface area contributed by atoms with E-state index >= 15 is 0 Å². The van der Waals surface area contributed by atoms with Crippen LogP contribution in [-0.2, 0) is 9.59 Å². The van der Waals surface area contributed by atoms with Crippen LogP contribution >= 0.6 is 11.6 Å². The maximum absolute atomic E-state index is 11.9. The molecule has 2 amide bonds. The molecule has 0 spiro atoms. The van der Waals surface area contributed by atoms with Crippen molar-refractivity contribution in [3.63, 3.8) is 0 Å². The molecule has 1 aromatic carbocycles. The SMILES string of the molecule is CC(=O)Nc1ccc(Cl)c(C(=O)NCC(C)C(=O)O)c1. The Labute approximate surface area is 121 Å². The summed E-state index contributed by atoms with van der Waals surface area (Å²) >= 11 is 5.92. The standard InChI is InChI=1S/C13H15ClN2O4/c1-7(13(19)20)6-15-12(18)10-5-9(16-8(2)17)3-4-11(10)14/h3-5,7H,6H2,1-2H3,(H,15,18)(H,16,17)(H,19,20). The molecule has 0 radical (unpaired) electrons. The van der Waals surface area contributed by atoms with Gasteiger partial charge < -0.3 is 15.7 Å². The number of halogens is 1. The summed E-state index contributed by atoms with van der Waals surface area (Å²) < 4.78 is 0. The molecule has 1 rings (SSSR count). The van der Waals surface area contributed by atoms with Gasteiger partial charge in [0.2, 0.25) is 5.91 Å². The molecule has 108 valence electrons. The predicted octanol–water partition coefficient (Wildman–Crippen LogP) is 1.75. The number of amides is 2. The minimum atomic E-state index is -0.997. The van der Waals surface area contributed by atoms with E-state index in [9.17, 15) is 14.4 Å². The molecule has 1 aromatic rings. The zero-order valence-electron chi connectivity index (χ0n) is 11.1. The van der Waals surface area contributed by atoms with Gasteiger partial charge in [-0.25, -0.2) is 0 Å². The van der Waals surface area contributed by atoms with Gasteiger partial charge in [-0.15, -0.1) is 0 Å². The van der Waals surface area contributed by atoms with Crippen LogP contribution in [0.2, 0.25) is 5.02 Å². The van der Waals surface area contributed by atoms with Crippen molar-refractivity contribution in [1.29, 1.82) is 0 Å². The van der Waals surface area contributed by atoms with Crippen LogP contribution < -0.4 is 10.6 Å². The molecule has 0 bridgehead atoms. The molecule has 0 aromatic heterocycles. The second-order valence-corrected chi connectivity index (χ2v) is 4.73. The van der Waals surface area contributed by atoms with E-state index in [-0.39, 0.29) is 23.0 Å². The molecule has 0 aliphatic rings. The van der Waals surface area contributed by atoms with Gasteiger partial charge in [0.25, 0.3) is 5.91 Å². The van der Waals surface area contributed by atoms with Crippen molar-refractivity contribution in [1.82, 2.24) is 5.32 Å². The van der Waals surface area contributed by atoms with Gasteiger partial charge in [0.05, 0.1) is 16.5 Å². The number of carboxylic acids is 1. The van der Waals surface area contributed by atoms with E-state index in [1.165, 1.54) is 26.0 Å². The molecular formula is C13H15ClN2O4. The van der Waals surface area contributed by atoms with Gasteiger partial charge in [0.15, 0.2) is 0 Å². The van der Waals surface area contributed by atoms with Crippen molar-refractivity contribution in [3.8, 4) is 0 Å². The monoisotopic (exact) mass is 298 g/mol. The largest absolute Gasteiger partial charge is 0.481 e. The van der Waals surface area contributed by atoms with Crippen molar-refractivity contribution in [3.05, 3.63) is 28.8 Å². The normalized spacial score (nSPS) is 11.6. The summed E-state index contributed by atoms with van der Waals surface area (Å²) in [6.07, 6.45) is 0. The molecule has 1 unspecified atom stereocenters. The Morgan fingerprint density at radius 1 is 1.35 bits per heavy atom. The number of aliphatic carboxylic acids is 1.